The number of fused-ring (bicyclic) bond motifs is 2. The van der Waals surface area contributed by atoms with Crippen molar-refractivity contribution < 1.29 is 4.74 Å². The van der Waals surface area contributed by atoms with E-state index in [1.807, 2.05) is 0 Å². The fourth-order valence-corrected chi connectivity index (χ4v) is 3.75. The fourth-order valence-electron chi connectivity index (χ4n) is 3.75. The average molecular weight is 268 g/mol. The van der Waals surface area contributed by atoms with E-state index >= 15 is 0 Å². The minimum atomic E-state index is 0.351. The van der Waals surface area contributed by atoms with Gasteiger partial charge in [0.1, 0.15) is 0 Å². The number of hydrogen-bond acceptors (Lipinski definition) is 3. The summed E-state index contributed by atoms with van der Waals surface area (Å²) >= 11 is 0. The number of nitrogens with one attached hydrogen (secondary N) is 1. The Labute approximate surface area is 119 Å². The lowest BCUT2D eigenvalue weighted by molar-refractivity contribution is 0.0218. The highest BCUT2D eigenvalue weighted by Crippen LogP contribution is 2.35. The van der Waals surface area contributed by atoms with E-state index in [1.165, 1.54) is 32.4 Å². The molecule has 3 nitrogen and oxygen atoms in total. The third-order valence-electron chi connectivity index (χ3n) is 4.77. The molecule has 1 aliphatic heterocycles. The topological polar surface area (TPSA) is 24.5 Å². The van der Waals surface area contributed by atoms with Gasteiger partial charge in [0, 0.05) is 31.7 Å². The molecule has 0 amide bonds. The molecule has 0 aromatic heterocycles. The van der Waals surface area contributed by atoms with Gasteiger partial charge >= 0.3 is 0 Å². The Balaban J connectivity index is 1.81. The van der Waals surface area contributed by atoms with Crippen LogP contribution in [0, 0.1) is 11.8 Å². The average Bonchev–Trinajstić information content (AvgIpc) is 2.33. The molecule has 1 saturated carbocycles. The Hall–Kier alpha value is -0.120. The number of hydrogen-bond donors (Lipinski definition) is 1. The normalized spacial score (nSPS) is 32.2. The lowest BCUT2D eigenvalue weighted by Gasteiger charge is -2.49. The molecule has 3 heteroatoms. The van der Waals surface area contributed by atoms with Gasteiger partial charge in [-0.05, 0) is 52.4 Å². The van der Waals surface area contributed by atoms with Gasteiger partial charge in [0.2, 0.25) is 0 Å². The van der Waals surface area contributed by atoms with Gasteiger partial charge in [0.25, 0.3) is 0 Å². The van der Waals surface area contributed by atoms with Crippen molar-refractivity contribution in [3.8, 4) is 0 Å². The van der Waals surface area contributed by atoms with Crippen molar-refractivity contribution in [2.24, 2.45) is 11.8 Å². The molecule has 1 heterocycles. The van der Waals surface area contributed by atoms with Crippen molar-refractivity contribution in [3.05, 3.63) is 0 Å². The number of ether oxygens (including phenoxy) is 1. The maximum Gasteiger partial charge on any atom is 0.0594 e. The number of rotatable bonds is 6. The molecule has 2 bridgehead atoms. The van der Waals surface area contributed by atoms with Crippen LogP contribution in [0.2, 0.25) is 0 Å². The second kappa shape index (κ2) is 7.05. The number of likely N-dealkylation sites (tertiary alicyclic amines) is 1. The summed E-state index contributed by atoms with van der Waals surface area (Å²) in [5.74, 6) is 1.71. The molecule has 19 heavy (non-hydrogen) atoms. The first-order chi connectivity index (χ1) is 9.08. The van der Waals surface area contributed by atoms with E-state index in [-0.39, 0.29) is 0 Å². The molecule has 1 aliphatic carbocycles. The van der Waals surface area contributed by atoms with Gasteiger partial charge in [-0.1, -0.05) is 6.42 Å². The molecule has 2 unspecified atom stereocenters. The van der Waals surface area contributed by atoms with Crippen molar-refractivity contribution in [2.75, 3.05) is 26.2 Å². The minimum absolute atomic E-state index is 0.351. The van der Waals surface area contributed by atoms with Gasteiger partial charge in [-0.3, -0.25) is 0 Å². The van der Waals surface area contributed by atoms with Crippen molar-refractivity contribution in [1.82, 2.24) is 10.2 Å². The first-order valence-electron chi connectivity index (χ1n) is 8.17. The molecule has 1 saturated heterocycles. The van der Waals surface area contributed by atoms with Crippen LogP contribution in [0.1, 0.15) is 47.0 Å². The number of piperidine rings is 1. The van der Waals surface area contributed by atoms with Crippen LogP contribution in [0.25, 0.3) is 0 Å². The summed E-state index contributed by atoms with van der Waals surface area (Å²) < 4.78 is 5.64. The second-order valence-electron chi connectivity index (χ2n) is 6.90. The lowest BCUT2D eigenvalue weighted by atomic mass is 9.73. The van der Waals surface area contributed by atoms with Crippen molar-refractivity contribution in [1.29, 1.82) is 0 Å². The van der Waals surface area contributed by atoms with Crippen molar-refractivity contribution in [3.63, 3.8) is 0 Å². The Kier molecular flexibility index (Phi) is 5.67. The number of nitrogens with zero attached hydrogens (tertiary/aromatic N) is 1. The summed E-state index contributed by atoms with van der Waals surface area (Å²) in [5.41, 5.74) is 0. The van der Waals surface area contributed by atoms with E-state index < -0.39 is 0 Å². The minimum Gasteiger partial charge on any atom is -0.377 e. The first kappa shape index (κ1) is 15.3. The Morgan fingerprint density at radius 1 is 1.11 bits per heavy atom. The first-order valence-corrected chi connectivity index (χ1v) is 8.17. The third-order valence-corrected chi connectivity index (χ3v) is 4.77. The van der Waals surface area contributed by atoms with Crippen LogP contribution < -0.4 is 5.32 Å². The van der Waals surface area contributed by atoms with Crippen molar-refractivity contribution in [2.45, 2.75) is 65.1 Å². The zero-order valence-electron chi connectivity index (χ0n) is 13.2. The van der Waals surface area contributed by atoms with Crippen LogP contribution >= 0.6 is 0 Å². The van der Waals surface area contributed by atoms with Crippen LogP contribution in [0.3, 0.4) is 0 Å². The van der Waals surface area contributed by atoms with E-state index in [4.69, 9.17) is 4.74 Å². The van der Waals surface area contributed by atoms with E-state index in [0.717, 1.165) is 31.0 Å². The van der Waals surface area contributed by atoms with Crippen LogP contribution in [-0.2, 0) is 4.74 Å². The van der Waals surface area contributed by atoms with E-state index in [1.54, 1.807) is 0 Å². The SMILES string of the molecule is CC(C)OCCNC1C2CCCC1CN(C(C)C)C2. The summed E-state index contributed by atoms with van der Waals surface area (Å²) in [6.07, 6.45) is 4.59. The zero-order chi connectivity index (χ0) is 13.8. The third kappa shape index (κ3) is 4.17. The van der Waals surface area contributed by atoms with Gasteiger partial charge in [0.15, 0.2) is 0 Å². The highest BCUT2D eigenvalue weighted by atomic mass is 16.5. The summed E-state index contributed by atoms with van der Waals surface area (Å²) in [6.45, 7) is 13.3. The summed E-state index contributed by atoms with van der Waals surface area (Å²) in [5, 5.41) is 3.79. The van der Waals surface area contributed by atoms with Crippen molar-refractivity contribution >= 4 is 0 Å². The van der Waals surface area contributed by atoms with Crippen LogP contribution in [0.15, 0.2) is 0 Å². The van der Waals surface area contributed by atoms with Gasteiger partial charge in [-0.2, -0.15) is 0 Å². The van der Waals surface area contributed by atoms with Gasteiger partial charge in [-0.25, -0.2) is 0 Å². The largest absolute Gasteiger partial charge is 0.377 e. The molecular formula is C16H32N2O. The monoisotopic (exact) mass is 268 g/mol. The van der Waals surface area contributed by atoms with Gasteiger partial charge < -0.3 is 15.0 Å². The molecule has 0 radical (unpaired) electrons. The van der Waals surface area contributed by atoms with E-state index in [2.05, 4.69) is 37.9 Å². The molecule has 0 aromatic carbocycles. The Morgan fingerprint density at radius 3 is 2.26 bits per heavy atom. The second-order valence-corrected chi connectivity index (χ2v) is 6.90. The maximum absolute atomic E-state index is 5.64. The highest BCUT2D eigenvalue weighted by Gasteiger charge is 2.39. The maximum atomic E-state index is 5.64. The van der Waals surface area contributed by atoms with E-state index in [9.17, 15) is 0 Å². The van der Waals surface area contributed by atoms with Gasteiger partial charge in [0.05, 0.1) is 12.7 Å². The summed E-state index contributed by atoms with van der Waals surface area (Å²) in [6, 6.07) is 1.44. The Bertz CT molecular complexity index is 253. The highest BCUT2D eigenvalue weighted by molar-refractivity contribution is 4.95. The summed E-state index contributed by atoms with van der Waals surface area (Å²) in [7, 11) is 0. The molecule has 0 aromatic rings. The van der Waals surface area contributed by atoms with Crippen LogP contribution in [0.4, 0.5) is 0 Å². The molecule has 0 spiro atoms. The molecule has 2 atom stereocenters. The smallest absolute Gasteiger partial charge is 0.0594 e. The van der Waals surface area contributed by atoms with Crippen LogP contribution in [0.5, 0.6) is 0 Å². The predicted octanol–water partition coefficient (Wildman–Crippen LogP) is 2.51. The molecule has 1 N–H and O–H groups in total. The molecule has 2 fully saturated rings. The fraction of sp³-hybridized carbons (Fsp3) is 1.00. The van der Waals surface area contributed by atoms with Crippen LogP contribution in [-0.4, -0.2) is 49.3 Å². The standard InChI is InChI=1S/C16H32N2O/c1-12(2)18-10-14-6-5-7-15(11-18)16(14)17-8-9-19-13(3)4/h12-17H,5-11H2,1-4H3. The van der Waals surface area contributed by atoms with Gasteiger partial charge in [-0.15, -0.1) is 0 Å². The molecular weight excluding hydrogens is 236 g/mol. The lowest BCUT2D eigenvalue weighted by Crippen LogP contribution is -2.58. The predicted molar refractivity (Wildman–Crippen MR) is 80.4 cm³/mol. The molecule has 2 aliphatic rings. The summed E-state index contributed by atoms with van der Waals surface area (Å²) in [4.78, 5) is 2.68. The molecule has 2 rings (SSSR count). The molecule has 112 valence electrons. The van der Waals surface area contributed by atoms with E-state index in [0.29, 0.717) is 12.1 Å². The quantitative estimate of drug-likeness (QED) is 0.749. The zero-order valence-corrected chi connectivity index (χ0v) is 13.2. The Morgan fingerprint density at radius 2 is 1.74 bits per heavy atom.